The largest absolute Gasteiger partial charge is 0.478 e. The van der Waals surface area contributed by atoms with Crippen LogP contribution in [0.2, 0.25) is 0 Å². The van der Waals surface area contributed by atoms with Crippen molar-refractivity contribution in [2.45, 2.75) is 18.9 Å². The third kappa shape index (κ3) is 9.11. The van der Waals surface area contributed by atoms with Crippen molar-refractivity contribution in [2.75, 3.05) is 6.26 Å². The molecule has 4 N–H and O–H groups in total. The van der Waals surface area contributed by atoms with E-state index in [-0.39, 0.29) is 11.3 Å². The van der Waals surface area contributed by atoms with E-state index in [0.717, 1.165) is 45.0 Å². The topological polar surface area (TPSA) is 228 Å². The van der Waals surface area contributed by atoms with E-state index in [2.05, 4.69) is 79.1 Å². The molecule has 0 aliphatic heterocycles. The SMILES string of the molecule is Cc1ccc(C(=O)O)c(OS(C)(=O)=O)c1C(=O)O.O=C(O)c1cnc(Cc2ccc(-c3ccccc3-c3nnnn3C(c3ccccc3)(c3ccccc3)c3ccccc3)cc2)[nH]1. The normalized spacial score (nSPS) is 11.3. The van der Waals surface area contributed by atoms with Crippen LogP contribution in [0, 0.1) is 6.92 Å². The molecule has 0 unspecified atom stereocenters. The Morgan fingerprint density at radius 3 is 1.71 bits per heavy atom. The molecule has 0 bridgehead atoms. The van der Waals surface area contributed by atoms with Gasteiger partial charge in [-0.05, 0) is 62.4 Å². The van der Waals surface area contributed by atoms with E-state index < -0.39 is 50.4 Å². The van der Waals surface area contributed by atoms with Crippen LogP contribution in [-0.4, -0.2) is 78.1 Å². The predicted molar refractivity (Wildman–Crippen MR) is 232 cm³/mol. The third-order valence-electron chi connectivity index (χ3n) is 10.1. The van der Waals surface area contributed by atoms with E-state index in [1.165, 1.54) is 19.2 Å². The highest BCUT2D eigenvalue weighted by Gasteiger charge is 2.42. The summed E-state index contributed by atoms with van der Waals surface area (Å²) in [6.07, 6.45) is 2.53. The number of imidazole rings is 1. The minimum atomic E-state index is -4.03. The second-order valence-corrected chi connectivity index (χ2v) is 15.8. The first kappa shape index (κ1) is 42.9. The fourth-order valence-electron chi connectivity index (χ4n) is 7.33. The van der Waals surface area contributed by atoms with Gasteiger partial charge in [-0.15, -0.1) is 5.10 Å². The molecule has 2 aromatic heterocycles. The van der Waals surface area contributed by atoms with E-state index in [9.17, 15) is 27.9 Å². The maximum absolute atomic E-state index is 11.2. The fraction of sp³-hybridized carbons (Fsp3) is 0.0851. The number of nitrogens with one attached hydrogen (secondary N) is 1. The van der Waals surface area contributed by atoms with E-state index >= 15 is 0 Å². The molecule has 16 heteroatoms. The van der Waals surface area contributed by atoms with E-state index in [0.29, 0.717) is 24.3 Å². The summed E-state index contributed by atoms with van der Waals surface area (Å²) < 4.78 is 28.5. The summed E-state index contributed by atoms with van der Waals surface area (Å²) in [5, 5.41) is 40.7. The quantitative estimate of drug-likeness (QED) is 0.0648. The van der Waals surface area contributed by atoms with Gasteiger partial charge in [-0.3, -0.25) is 0 Å². The van der Waals surface area contributed by atoms with Crippen molar-refractivity contribution < 1.29 is 42.3 Å². The number of nitrogens with zero attached hydrogens (tertiary/aromatic N) is 5. The van der Waals surface area contributed by atoms with Crippen LogP contribution in [0.5, 0.6) is 5.75 Å². The summed E-state index contributed by atoms with van der Waals surface area (Å²) in [6.45, 7) is 1.41. The molecule has 0 saturated carbocycles. The lowest BCUT2D eigenvalue weighted by atomic mass is 9.77. The zero-order valence-corrected chi connectivity index (χ0v) is 34.5. The van der Waals surface area contributed by atoms with Crippen LogP contribution >= 0.6 is 0 Å². The molecule has 0 aliphatic carbocycles. The molecular weight excluding hydrogens is 825 g/mol. The molecular formula is C47H38N6O9S. The Hall–Kier alpha value is -8.24. The van der Waals surface area contributed by atoms with Gasteiger partial charge in [0.1, 0.15) is 28.2 Å². The maximum Gasteiger partial charge on any atom is 0.353 e. The van der Waals surface area contributed by atoms with E-state index in [1.54, 1.807) is 0 Å². The van der Waals surface area contributed by atoms with Crippen molar-refractivity contribution in [1.29, 1.82) is 0 Å². The number of carboxylic acids is 3. The summed E-state index contributed by atoms with van der Waals surface area (Å²) in [5.74, 6) is -3.43. The highest BCUT2D eigenvalue weighted by atomic mass is 32.2. The summed E-state index contributed by atoms with van der Waals surface area (Å²) in [5.41, 5.74) is 5.36. The number of benzene rings is 6. The first-order valence-electron chi connectivity index (χ1n) is 19.2. The first-order chi connectivity index (χ1) is 30.3. The number of tetrazole rings is 1. The molecule has 0 fully saturated rings. The van der Waals surface area contributed by atoms with Crippen LogP contribution in [0.15, 0.2) is 158 Å². The van der Waals surface area contributed by atoms with Crippen LogP contribution < -0.4 is 4.18 Å². The lowest BCUT2D eigenvalue weighted by molar-refractivity contribution is 0.0677. The van der Waals surface area contributed by atoms with Gasteiger partial charge >= 0.3 is 28.0 Å². The number of aromatic carboxylic acids is 3. The fourth-order valence-corrected chi connectivity index (χ4v) is 7.80. The lowest BCUT2D eigenvalue weighted by Crippen LogP contribution is -2.39. The molecule has 8 rings (SSSR count). The molecule has 0 spiro atoms. The average molecular weight is 863 g/mol. The van der Waals surface area contributed by atoms with Gasteiger partial charge in [-0.1, -0.05) is 146 Å². The monoisotopic (exact) mass is 862 g/mol. The minimum Gasteiger partial charge on any atom is -0.478 e. The summed E-state index contributed by atoms with van der Waals surface area (Å²) in [7, 11) is -4.03. The number of carboxylic acid groups (broad SMARTS) is 3. The number of hydrogen-bond donors (Lipinski definition) is 4. The van der Waals surface area contributed by atoms with Crippen molar-refractivity contribution in [1.82, 2.24) is 30.2 Å². The zero-order chi connectivity index (χ0) is 44.7. The van der Waals surface area contributed by atoms with Crippen LogP contribution in [0.4, 0.5) is 0 Å². The number of rotatable bonds is 13. The van der Waals surface area contributed by atoms with Gasteiger partial charge in [-0.2, -0.15) is 8.42 Å². The zero-order valence-electron chi connectivity index (χ0n) is 33.7. The third-order valence-corrected chi connectivity index (χ3v) is 10.5. The molecule has 0 radical (unpaired) electrons. The number of H-pyrrole nitrogens is 1. The number of aromatic nitrogens is 6. The van der Waals surface area contributed by atoms with Gasteiger partial charge in [-0.25, -0.2) is 24.0 Å². The van der Waals surface area contributed by atoms with Crippen molar-refractivity contribution >= 4 is 28.0 Å². The number of aryl methyl sites for hydroxylation is 1. The van der Waals surface area contributed by atoms with Gasteiger partial charge in [0.05, 0.1) is 12.5 Å². The van der Waals surface area contributed by atoms with Crippen molar-refractivity contribution in [3.05, 3.63) is 208 Å². The highest BCUT2D eigenvalue weighted by Crippen LogP contribution is 2.43. The van der Waals surface area contributed by atoms with E-state index in [1.807, 2.05) is 89.6 Å². The molecule has 2 heterocycles. The first-order valence-corrected chi connectivity index (χ1v) is 21.0. The second kappa shape index (κ2) is 18.2. The Labute approximate surface area is 361 Å². The lowest BCUT2D eigenvalue weighted by Gasteiger charge is -2.36. The summed E-state index contributed by atoms with van der Waals surface area (Å²) in [6, 6.07) is 49.7. The molecule has 15 nitrogen and oxygen atoms in total. The average Bonchev–Trinajstić information content (AvgIpc) is 3.96. The van der Waals surface area contributed by atoms with Crippen LogP contribution in [0.3, 0.4) is 0 Å². The van der Waals surface area contributed by atoms with Gasteiger partial charge in [0, 0.05) is 12.0 Å². The molecule has 63 heavy (non-hydrogen) atoms. The maximum atomic E-state index is 11.2. The molecule has 0 saturated heterocycles. The minimum absolute atomic E-state index is 0.0749. The Balaban J connectivity index is 0.000000279. The van der Waals surface area contributed by atoms with E-state index in [4.69, 9.17) is 15.4 Å². The Morgan fingerprint density at radius 1 is 0.683 bits per heavy atom. The van der Waals surface area contributed by atoms with Crippen molar-refractivity contribution in [3.8, 4) is 28.3 Å². The van der Waals surface area contributed by atoms with Crippen LogP contribution in [0.1, 0.15) is 64.8 Å². The highest BCUT2D eigenvalue weighted by molar-refractivity contribution is 7.86. The Bertz CT molecular complexity index is 2930. The molecule has 0 amide bonds. The Morgan fingerprint density at radius 2 is 1.22 bits per heavy atom. The molecule has 6 aromatic carbocycles. The number of aromatic amines is 1. The standard InChI is InChI=1S/C37H28N6O2.C10H10O7S/c44-36(45)33-25-38-34(39-33)24-26-20-22-27(23-21-26)31-18-10-11-19-32(31)35-40-41-42-43(35)37(28-12-4-1-5-13-28,29-14-6-2-7-15-29)30-16-8-3-9-17-30;1-5-3-4-6(9(11)12)8(7(5)10(13)14)17-18(2,15)16/h1-23,25H,24H2,(H,38,39)(H,44,45);3-4H,1-2H3,(H,11,12)(H,13,14). The number of carbonyl (C=O) groups is 3. The molecule has 0 atom stereocenters. The van der Waals surface area contributed by atoms with Crippen molar-refractivity contribution in [3.63, 3.8) is 0 Å². The Kier molecular flexibility index (Phi) is 12.4. The van der Waals surface area contributed by atoms with Gasteiger partial charge in [0.25, 0.3) is 0 Å². The molecule has 0 aliphatic rings. The molecule has 316 valence electrons. The van der Waals surface area contributed by atoms with Gasteiger partial charge in [0.2, 0.25) is 0 Å². The van der Waals surface area contributed by atoms with Crippen molar-refractivity contribution in [2.24, 2.45) is 0 Å². The van der Waals surface area contributed by atoms with Crippen LogP contribution in [0.25, 0.3) is 22.5 Å². The van der Waals surface area contributed by atoms with Crippen LogP contribution in [-0.2, 0) is 22.1 Å². The summed E-state index contributed by atoms with van der Waals surface area (Å²) >= 11 is 0. The summed E-state index contributed by atoms with van der Waals surface area (Å²) in [4.78, 5) is 40.3. The number of hydrogen-bond acceptors (Lipinski definition) is 10. The van der Waals surface area contributed by atoms with Gasteiger partial charge in [0.15, 0.2) is 11.6 Å². The predicted octanol–water partition coefficient (Wildman–Crippen LogP) is 7.59. The smallest absolute Gasteiger partial charge is 0.353 e. The van der Waals surface area contributed by atoms with Gasteiger partial charge < -0.3 is 24.5 Å². The molecule has 8 aromatic rings. The second-order valence-electron chi connectivity index (χ2n) is 14.2.